The van der Waals surface area contributed by atoms with Gasteiger partial charge in [0.15, 0.2) is 0 Å². The summed E-state index contributed by atoms with van der Waals surface area (Å²) in [6, 6.07) is 16.9. The van der Waals surface area contributed by atoms with Gasteiger partial charge in [0.05, 0.1) is 7.11 Å². The number of methoxy groups -OCH3 is 1. The summed E-state index contributed by atoms with van der Waals surface area (Å²) in [5.74, 6) is 0.406. The molecule has 0 aliphatic rings. The maximum absolute atomic E-state index is 11.9. The molecule has 1 atom stereocenters. The van der Waals surface area contributed by atoms with Gasteiger partial charge in [0.2, 0.25) is 5.91 Å². The lowest BCUT2D eigenvalue weighted by atomic mass is 10.1. The SMILES string of the molecule is COc1ccc(CNC(=O)[C@@H](O)Cc2ccccc2)cc1. The van der Waals surface area contributed by atoms with Crippen molar-refractivity contribution < 1.29 is 14.6 Å². The summed E-state index contributed by atoms with van der Waals surface area (Å²) in [7, 11) is 1.61. The highest BCUT2D eigenvalue weighted by molar-refractivity contribution is 5.80. The number of hydrogen-bond acceptors (Lipinski definition) is 3. The molecule has 0 aliphatic carbocycles. The molecule has 4 nitrogen and oxygen atoms in total. The van der Waals surface area contributed by atoms with Gasteiger partial charge in [0.1, 0.15) is 11.9 Å². The van der Waals surface area contributed by atoms with Crippen molar-refractivity contribution in [3.05, 3.63) is 65.7 Å². The summed E-state index contributed by atoms with van der Waals surface area (Å²) in [6.07, 6.45) is -0.722. The van der Waals surface area contributed by atoms with E-state index in [1.807, 2.05) is 54.6 Å². The molecule has 0 unspecified atom stereocenters. The average molecular weight is 285 g/mol. The number of ether oxygens (including phenoxy) is 1. The van der Waals surface area contributed by atoms with Crippen LogP contribution in [0.5, 0.6) is 5.75 Å². The molecule has 0 aliphatic heterocycles. The molecule has 2 aromatic rings. The highest BCUT2D eigenvalue weighted by Gasteiger charge is 2.14. The fourth-order valence-corrected chi connectivity index (χ4v) is 1.98. The molecule has 0 saturated carbocycles. The van der Waals surface area contributed by atoms with Crippen LogP contribution in [0.3, 0.4) is 0 Å². The van der Waals surface area contributed by atoms with E-state index in [4.69, 9.17) is 4.74 Å². The minimum absolute atomic E-state index is 0.315. The number of carbonyl (C=O) groups is 1. The van der Waals surface area contributed by atoms with E-state index in [0.717, 1.165) is 16.9 Å². The van der Waals surface area contributed by atoms with Crippen LogP contribution in [0, 0.1) is 0 Å². The second kappa shape index (κ2) is 7.45. The molecule has 21 heavy (non-hydrogen) atoms. The zero-order chi connectivity index (χ0) is 15.1. The minimum Gasteiger partial charge on any atom is -0.497 e. The van der Waals surface area contributed by atoms with Crippen LogP contribution in [0.4, 0.5) is 0 Å². The summed E-state index contributed by atoms with van der Waals surface area (Å²) >= 11 is 0. The maximum Gasteiger partial charge on any atom is 0.249 e. The summed E-state index contributed by atoms with van der Waals surface area (Å²) in [4.78, 5) is 11.9. The molecule has 0 fully saturated rings. The molecular weight excluding hydrogens is 266 g/mol. The highest BCUT2D eigenvalue weighted by Crippen LogP contribution is 2.11. The Morgan fingerprint density at radius 3 is 2.38 bits per heavy atom. The number of aliphatic hydroxyl groups excluding tert-OH is 1. The Labute approximate surface area is 124 Å². The standard InChI is InChI=1S/C17H19NO3/c1-21-15-9-7-14(8-10-15)12-18-17(20)16(19)11-13-5-3-2-4-6-13/h2-10,16,19H,11-12H2,1H3,(H,18,20)/t16-/m0/s1. The number of amides is 1. The Balaban J connectivity index is 1.83. The number of nitrogens with one attached hydrogen (secondary N) is 1. The number of benzene rings is 2. The van der Waals surface area contributed by atoms with Gasteiger partial charge in [-0.2, -0.15) is 0 Å². The molecule has 0 heterocycles. The molecule has 0 saturated heterocycles. The van der Waals surface area contributed by atoms with Gasteiger partial charge < -0.3 is 15.2 Å². The monoisotopic (exact) mass is 285 g/mol. The van der Waals surface area contributed by atoms with Gasteiger partial charge in [0, 0.05) is 13.0 Å². The first-order valence-electron chi connectivity index (χ1n) is 6.81. The van der Waals surface area contributed by atoms with Gasteiger partial charge in [-0.25, -0.2) is 0 Å². The summed E-state index contributed by atoms with van der Waals surface area (Å²) in [5, 5.41) is 12.6. The van der Waals surface area contributed by atoms with Gasteiger partial charge in [-0.3, -0.25) is 4.79 Å². The quantitative estimate of drug-likeness (QED) is 0.852. The highest BCUT2D eigenvalue weighted by atomic mass is 16.5. The van der Waals surface area contributed by atoms with Crippen LogP contribution >= 0.6 is 0 Å². The average Bonchev–Trinajstić information content (AvgIpc) is 2.54. The van der Waals surface area contributed by atoms with Gasteiger partial charge in [0.25, 0.3) is 0 Å². The van der Waals surface area contributed by atoms with Crippen molar-refractivity contribution in [1.29, 1.82) is 0 Å². The van der Waals surface area contributed by atoms with Crippen LogP contribution in [-0.2, 0) is 17.8 Å². The Kier molecular flexibility index (Phi) is 5.35. The van der Waals surface area contributed by atoms with Crippen molar-refractivity contribution in [2.24, 2.45) is 0 Å². The van der Waals surface area contributed by atoms with Crippen molar-refractivity contribution >= 4 is 5.91 Å². The van der Waals surface area contributed by atoms with Crippen molar-refractivity contribution in [3.63, 3.8) is 0 Å². The summed E-state index contributed by atoms with van der Waals surface area (Å²) in [5.41, 5.74) is 1.89. The predicted molar refractivity (Wildman–Crippen MR) is 81.0 cm³/mol. The molecule has 1 amide bonds. The van der Waals surface area contributed by atoms with Crippen molar-refractivity contribution in [2.75, 3.05) is 7.11 Å². The Morgan fingerprint density at radius 1 is 1.10 bits per heavy atom. The molecule has 2 N–H and O–H groups in total. The fraction of sp³-hybridized carbons (Fsp3) is 0.235. The van der Waals surface area contributed by atoms with E-state index in [0.29, 0.717) is 13.0 Å². The van der Waals surface area contributed by atoms with E-state index >= 15 is 0 Å². The molecule has 0 aromatic heterocycles. The molecule has 0 bridgehead atoms. The number of aliphatic hydroxyl groups is 1. The molecule has 110 valence electrons. The molecule has 2 aromatic carbocycles. The van der Waals surface area contributed by atoms with E-state index in [1.165, 1.54) is 0 Å². The third kappa shape index (κ3) is 4.61. The molecule has 2 rings (SSSR count). The van der Waals surface area contributed by atoms with Gasteiger partial charge in [-0.15, -0.1) is 0 Å². The third-order valence-electron chi connectivity index (χ3n) is 3.20. The fourth-order valence-electron chi connectivity index (χ4n) is 1.98. The largest absolute Gasteiger partial charge is 0.497 e. The van der Waals surface area contributed by atoms with Crippen molar-refractivity contribution in [2.45, 2.75) is 19.1 Å². The third-order valence-corrected chi connectivity index (χ3v) is 3.20. The molecule has 0 radical (unpaired) electrons. The number of carbonyl (C=O) groups excluding carboxylic acids is 1. The predicted octanol–water partition coefficient (Wildman–Crippen LogP) is 1.91. The van der Waals surface area contributed by atoms with E-state index in [2.05, 4.69) is 5.32 Å². The second-order valence-corrected chi connectivity index (χ2v) is 4.77. The van der Waals surface area contributed by atoms with Gasteiger partial charge in [-0.1, -0.05) is 42.5 Å². The minimum atomic E-state index is -1.04. The number of rotatable bonds is 6. The first-order chi connectivity index (χ1) is 10.2. The summed E-state index contributed by atoms with van der Waals surface area (Å²) < 4.78 is 5.07. The molecular formula is C17H19NO3. The van der Waals surface area contributed by atoms with E-state index in [-0.39, 0.29) is 5.91 Å². The second-order valence-electron chi connectivity index (χ2n) is 4.77. The first-order valence-corrected chi connectivity index (χ1v) is 6.81. The van der Waals surface area contributed by atoms with Crippen LogP contribution < -0.4 is 10.1 Å². The zero-order valence-corrected chi connectivity index (χ0v) is 12.0. The Hall–Kier alpha value is -2.33. The van der Waals surface area contributed by atoms with E-state index < -0.39 is 6.10 Å². The van der Waals surface area contributed by atoms with E-state index in [9.17, 15) is 9.90 Å². The first kappa shape index (κ1) is 15.1. The lowest BCUT2D eigenvalue weighted by molar-refractivity contribution is -0.129. The van der Waals surface area contributed by atoms with Crippen LogP contribution in [0.1, 0.15) is 11.1 Å². The van der Waals surface area contributed by atoms with Gasteiger partial charge in [-0.05, 0) is 23.3 Å². The zero-order valence-electron chi connectivity index (χ0n) is 12.0. The molecule has 0 spiro atoms. The lowest BCUT2D eigenvalue weighted by Gasteiger charge is -2.11. The topological polar surface area (TPSA) is 58.6 Å². The van der Waals surface area contributed by atoms with E-state index in [1.54, 1.807) is 7.11 Å². The molecule has 4 heteroatoms. The van der Waals surface area contributed by atoms with Crippen LogP contribution in [0.25, 0.3) is 0 Å². The maximum atomic E-state index is 11.9. The Morgan fingerprint density at radius 2 is 1.76 bits per heavy atom. The van der Waals surface area contributed by atoms with Crippen LogP contribution in [0.15, 0.2) is 54.6 Å². The Bertz CT molecular complexity index is 566. The lowest BCUT2D eigenvalue weighted by Crippen LogP contribution is -2.35. The van der Waals surface area contributed by atoms with Crippen LogP contribution in [0.2, 0.25) is 0 Å². The van der Waals surface area contributed by atoms with Crippen molar-refractivity contribution in [1.82, 2.24) is 5.32 Å². The number of hydrogen-bond donors (Lipinski definition) is 2. The smallest absolute Gasteiger partial charge is 0.249 e. The summed E-state index contributed by atoms with van der Waals surface area (Å²) in [6.45, 7) is 0.384. The van der Waals surface area contributed by atoms with Crippen LogP contribution in [-0.4, -0.2) is 24.2 Å². The normalized spacial score (nSPS) is 11.7. The van der Waals surface area contributed by atoms with Crippen molar-refractivity contribution in [3.8, 4) is 5.75 Å². The van der Waals surface area contributed by atoms with Gasteiger partial charge >= 0.3 is 0 Å².